The Hall–Kier alpha value is -0.555. The van der Waals surface area contributed by atoms with Crippen LogP contribution in [-0.4, -0.2) is 35.1 Å². The molecule has 124 valence electrons. The highest BCUT2D eigenvalue weighted by atomic mass is 79.9. The number of halogens is 1. The maximum Gasteiger partial charge on any atom is 0.491 e. The Balaban J connectivity index is 2.91. The number of hydrogen-bond acceptors (Lipinski definition) is 4. The molecule has 6 heteroatoms. The quantitative estimate of drug-likeness (QED) is 0.722. The lowest BCUT2D eigenvalue weighted by atomic mass is 9.76. The molecule has 0 bridgehead atoms. The minimum Gasteiger partial charge on any atom is -0.493 e. The van der Waals surface area contributed by atoms with E-state index in [4.69, 9.17) is 9.39 Å². The molecule has 22 heavy (non-hydrogen) atoms. The van der Waals surface area contributed by atoms with Crippen molar-refractivity contribution in [3.8, 4) is 5.75 Å². The van der Waals surface area contributed by atoms with Crippen molar-refractivity contribution in [3.63, 3.8) is 0 Å². The summed E-state index contributed by atoms with van der Waals surface area (Å²) in [4.78, 5) is 0. The largest absolute Gasteiger partial charge is 0.493 e. The molecule has 0 aliphatic rings. The van der Waals surface area contributed by atoms with Crippen LogP contribution in [-0.2, 0) is 4.65 Å². The topological polar surface area (TPSA) is 58.9 Å². The van der Waals surface area contributed by atoms with E-state index in [1.807, 2.05) is 6.07 Å². The van der Waals surface area contributed by atoms with Gasteiger partial charge in [-0.3, -0.25) is 0 Å². The van der Waals surface area contributed by atoms with Gasteiger partial charge in [0.05, 0.1) is 17.8 Å². The van der Waals surface area contributed by atoms with Gasteiger partial charge in [-0.15, -0.1) is 0 Å². The molecule has 1 aromatic carbocycles. The van der Waals surface area contributed by atoms with Crippen LogP contribution < -0.4 is 10.2 Å². The summed E-state index contributed by atoms with van der Waals surface area (Å²) in [6, 6.07) is 5.37. The standard InChI is InChI=1S/C16H26BBrO4/c1-11(2)10-21-14-8-12(7-13(18)9-14)17(20)22-16(5,6)15(3,4)19/h7-9,11,19-20H,10H2,1-6H3. The van der Waals surface area contributed by atoms with Gasteiger partial charge >= 0.3 is 7.12 Å². The molecule has 0 heterocycles. The summed E-state index contributed by atoms with van der Waals surface area (Å²) in [5.41, 5.74) is -1.42. The van der Waals surface area contributed by atoms with Gasteiger partial charge in [-0.25, -0.2) is 0 Å². The Kier molecular flexibility index (Phi) is 6.51. The van der Waals surface area contributed by atoms with E-state index in [2.05, 4.69) is 29.8 Å². The van der Waals surface area contributed by atoms with Crippen LogP contribution in [0.2, 0.25) is 0 Å². The Morgan fingerprint density at radius 1 is 1.18 bits per heavy atom. The molecule has 1 rings (SSSR count). The third kappa shape index (κ3) is 5.58. The summed E-state index contributed by atoms with van der Waals surface area (Å²) in [5, 5.41) is 20.5. The second-order valence-corrected chi connectivity index (χ2v) is 7.88. The Bertz CT molecular complexity index is 497. The van der Waals surface area contributed by atoms with Crippen molar-refractivity contribution >= 4 is 28.5 Å². The molecule has 0 radical (unpaired) electrons. The zero-order chi connectivity index (χ0) is 17.1. The first-order valence-electron chi connectivity index (χ1n) is 7.44. The van der Waals surface area contributed by atoms with Crippen LogP contribution in [0.25, 0.3) is 0 Å². The first kappa shape index (κ1) is 19.5. The zero-order valence-electron chi connectivity index (χ0n) is 14.2. The van der Waals surface area contributed by atoms with E-state index >= 15 is 0 Å². The molecular weight excluding hydrogens is 347 g/mol. The van der Waals surface area contributed by atoms with Crippen molar-refractivity contribution in [3.05, 3.63) is 22.7 Å². The maximum absolute atomic E-state index is 10.3. The summed E-state index contributed by atoms with van der Waals surface area (Å²) in [7, 11) is -1.15. The van der Waals surface area contributed by atoms with Crippen molar-refractivity contribution in [1.29, 1.82) is 0 Å². The van der Waals surface area contributed by atoms with E-state index in [-0.39, 0.29) is 0 Å². The van der Waals surface area contributed by atoms with Crippen LogP contribution in [0.15, 0.2) is 22.7 Å². The molecular formula is C16H26BBrO4. The normalized spacial score (nSPS) is 12.6. The van der Waals surface area contributed by atoms with E-state index < -0.39 is 18.3 Å². The van der Waals surface area contributed by atoms with Crippen molar-refractivity contribution in [1.82, 2.24) is 0 Å². The van der Waals surface area contributed by atoms with Gasteiger partial charge in [-0.05, 0) is 57.3 Å². The molecule has 4 nitrogen and oxygen atoms in total. The van der Waals surface area contributed by atoms with Crippen LogP contribution in [0.3, 0.4) is 0 Å². The zero-order valence-corrected chi connectivity index (χ0v) is 15.8. The van der Waals surface area contributed by atoms with Crippen molar-refractivity contribution in [2.24, 2.45) is 5.92 Å². The fourth-order valence-corrected chi connectivity index (χ4v) is 2.05. The Morgan fingerprint density at radius 2 is 1.77 bits per heavy atom. The minimum absolute atomic E-state index is 0.415. The van der Waals surface area contributed by atoms with E-state index in [9.17, 15) is 10.1 Å². The summed E-state index contributed by atoms with van der Waals surface area (Å²) >= 11 is 3.41. The second-order valence-electron chi connectivity index (χ2n) is 6.96. The van der Waals surface area contributed by atoms with E-state index in [0.29, 0.717) is 23.7 Å². The lowest BCUT2D eigenvalue weighted by molar-refractivity contribution is -0.0982. The van der Waals surface area contributed by atoms with Gasteiger partial charge in [0.1, 0.15) is 5.75 Å². The molecule has 0 aliphatic heterocycles. The highest BCUT2D eigenvalue weighted by molar-refractivity contribution is 9.10. The Morgan fingerprint density at radius 3 is 2.27 bits per heavy atom. The molecule has 2 N–H and O–H groups in total. The summed E-state index contributed by atoms with van der Waals surface area (Å²) in [6.07, 6.45) is 0. The predicted molar refractivity (Wildman–Crippen MR) is 93.5 cm³/mol. The predicted octanol–water partition coefficient (Wildman–Crippen LogP) is 2.74. The SMILES string of the molecule is CC(C)COc1cc(Br)cc(B(O)OC(C)(C)C(C)(C)O)c1. The van der Waals surface area contributed by atoms with Crippen LogP contribution in [0.4, 0.5) is 0 Å². The summed E-state index contributed by atoms with van der Waals surface area (Å²) in [5.74, 6) is 1.08. The molecule has 0 amide bonds. The van der Waals surface area contributed by atoms with E-state index in [0.717, 1.165) is 4.47 Å². The fourth-order valence-electron chi connectivity index (χ4n) is 1.56. The van der Waals surface area contributed by atoms with Gasteiger partial charge in [0.2, 0.25) is 0 Å². The number of aliphatic hydroxyl groups is 1. The molecule has 1 aromatic rings. The lowest BCUT2D eigenvalue weighted by Crippen LogP contribution is -2.53. The van der Waals surface area contributed by atoms with Gasteiger partial charge < -0.3 is 19.5 Å². The van der Waals surface area contributed by atoms with Gasteiger partial charge in [0.25, 0.3) is 0 Å². The Labute approximate surface area is 142 Å². The summed E-state index contributed by atoms with van der Waals surface area (Å²) in [6.45, 7) is 11.5. The first-order valence-corrected chi connectivity index (χ1v) is 8.23. The average Bonchev–Trinajstić information content (AvgIpc) is 2.33. The molecule has 0 aromatic heterocycles. The molecule has 0 saturated carbocycles. The second kappa shape index (κ2) is 7.34. The molecule has 0 aliphatic carbocycles. The van der Waals surface area contributed by atoms with Crippen molar-refractivity contribution in [2.45, 2.75) is 52.7 Å². The van der Waals surface area contributed by atoms with Crippen LogP contribution >= 0.6 is 15.9 Å². The van der Waals surface area contributed by atoms with Crippen LogP contribution in [0.1, 0.15) is 41.5 Å². The molecule has 0 fully saturated rings. The highest BCUT2D eigenvalue weighted by Crippen LogP contribution is 2.26. The first-order chi connectivity index (χ1) is 9.92. The van der Waals surface area contributed by atoms with E-state index in [1.165, 1.54) is 0 Å². The monoisotopic (exact) mass is 372 g/mol. The van der Waals surface area contributed by atoms with Gasteiger partial charge in [-0.1, -0.05) is 29.8 Å². The number of rotatable bonds is 7. The molecule has 0 atom stereocenters. The molecule has 0 spiro atoms. The lowest BCUT2D eigenvalue weighted by Gasteiger charge is -2.38. The number of hydrogen-bond donors (Lipinski definition) is 2. The molecule has 0 unspecified atom stereocenters. The minimum atomic E-state index is -1.15. The maximum atomic E-state index is 10.3. The van der Waals surface area contributed by atoms with Gasteiger partial charge in [0, 0.05) is 4.47 Å². The van der Waals surface area contributed by atoms with Gasteiger partial charge in [-0.2, -0.15) is 0 Å². The average molecular weight is 373 g/mol. The smallest absolute Gasteiger partial charge is 0.491 e. The fraction of sp³-hybridized carbons (Fsp3) is 0.625. The summed E-state index contributed by atoms with van der Waals surface area (Å²) < 4.78 is 12.1. The number of benzene rings is 1. The third-order valence-electron chi connectivity index (χ3n) is 3.64. The van der Waals surface area contributed by atoms with Crippen LogP contribution in [0.5, 0.6) is 5.75 Å². The van der Waals surface area contributed by atoms with Gasteiger partial charge in [0.15, 0.2) is 0 Å². The third-order valence-corrected chi connectivity index (χ3v) is 4.10. The number of ether oxygens (including phenoxy) is 1. The van der Waals surface area contributed by atoms with Crippen molar-refractivity contribution in [2.75, 3.05) is 6.61 Å². The van der Waals surface area contributed by atoms with Crippen molar-refractivity contribution < 1.29 is 19.5 Å². The van der Waals surface area contributed by atoms with E-state index in [1.54, 1.807) is 39.8 Å². The van der Waals surface area contributed by atoms with Crippen LogP contribution in [0, 0.1) is 5.92 Å². The highest BCUT2D eigenvalue weighted by Gasteiger charge is 2.39. The molecule has 0 saturated heterocycles.